The van der Waals surface area contributed by atoms with Crippen molar-refractivity contribution in [2.45, 2.75) is 38.2 Å². The third kappa shape index (κ3) is 3.52. The van der Waals surface area contributed by atoms with Crippen LogP contribution in [0.5, 0.6) is 0 Å². The van der Waals surface area contributed by atoms with Crippen LogP contribution in [0.25, 0.3) is 0 Å². The van der Waals surface area contributed by atoms with Crippen LogP contribution in [0.15, 0.2) is 30.3 Å². The SMILES string of the molecule is O=C(NCc1ccccc1)C1CCC(F)(F)CC1. The predicted octanol–water partition coefficient (Wildman–Crippen LogP) is 3.13. The normalized spacial score (nSPS) is 19.4. The minimum atomic E-state index is -2.57. The molecule has 0 radical (unpaired) electrons. The van der Waals surface area contributed by atoms with Gasteiger partial charge in [-0.2, -0.15) is 0 Å². The zero-order valence-electron chi connectivity index (χ0n) is 10.2. The van der Waals surface area contributed by atoms with E-state index in [1.165, 1.54) is 0 Å². The summed E-state index contributed by atoms with van der Waals surface area (Å²) in [5, 5.41) is 2.81. The molecule has 1 aromatic carbocycles. The highest BCUT2D eigenvalue weighted by atomic mass is 19.3. The topological polar surface area (TPSA) is 29.1 Å². The number of amides is 1. The molecule has 0 saturated heterocycles. The molecule has 1 amide bonds. The lowest BCUT2D eigenvalue weighted by Crippen LogP contribution is -2.35. The Morgan fingerprint density at radius 1 is 1.22 bits per heavy atom. The minimum absolute atomic E-state index is 0.102. The van der Waals surface area contributed by atoms with E-state index in [2.05, 4.69) is 5.32 Å². The minimum Gasteiger partial charge on any atom is -0.352 e. The zero-order valence-corrected chi connectivity index (χ0v) is 10.2. The number of hydrogen-bond acceptors (Lipinski definition) is 1. The van der Waals surface area contributed by atoms with Crippen molar-refractivity contribution in [1.29, 1.82) is 0 Å². The Morgan fingerprint density at radius 3 is 2.44 bits per heavy atom. The second-order valence-corrected chi connectivity index (χ2v) is 4.83. The first-order valence-corrected chi connectivity index (χ1v) is 6.26. The Kier molecular flexibility index (Phi) is 3.94. The molecule has 1 aromatic rings. The molecule has 2 rings (SSSR count). The van der Waals surface area contributed by atoms with E-state index in [4.69, 9.17) is 0 Å². The summed E-state index contributed by atoms with van der Waals surface area (Å²) in [7, 11) is 0. The van der Waals surface area contributed by atoms with Crippen molar-refractivity contribution in [2.75, 3.05) is 0 Å². The molecule has 0 atom stereocenters. The molecule has 1 N–H and O–H groups in total. The van der Waals surface area contributed by atoms with Crippen molar-refractivity contribution in [1.82, 2.24) is 5.32 Å². The third-order valence-electron chi connectivity index (χ3n) is 3.40. The number of rotatable bonds is 3. The van der Waals surface area contributed by atoms with Gasteiger partial charge in [0.2, 0.25) is 11.8 Å². The van der Waals surface area contributed by atoms with Crippen molar-refractivity contribution < 1.29 is 13.6 Å². The first-order valence-electron chi connectivity index (χ1n) is 6.26. The van der Waals surface area contributed by atoms with Crippen molar-refractivity contribution in [3.05, 3.63) is 35.9 Å². The Labute approximate surface area is 105 Å². The second-order valence-electron chi connectivity index (χ2n) is 4.83. The first-order chi connectivity index (χ1) is 8.57. The van der Waals surface area contributed by atoms with E-state index in [1.807, 2.05) is 30.3 Å². The van der Waals surface area contributed by atoms with Gasteiger partial charge in [-0.3, -0.25) is 4.79 Å². The van der Waals surface area contributed by atoms with Crippen molar-refractivity contribution in [2.24, 2.45) is 5.92 Å². The Hall–Kier alpha value is -1.45. The number of carbonyl (C=O) groups is 1. The number of hydrogen-bond donors (Lipinski definition) is 1. The van der Waals surface area contributed by atoms with Gasteiger partial charge in [-0.1, -0.05) is 30.3 Å². The highest BCUT2D eigenvalue weighted by Crippen LogP contribution is 2.36. The maximum absolute atomic E-state index is 13.0. The second kappa shape index (κ2) is 5.46. The summed E-state index contributed by atoms with van der Waals surface area (Å²) in [6.07, 6.45) is 0.230. The number of alkyl halides is 2. The van der Waals surface area contributed by atoms with Crippen LogP contribution in [0.2, 0.25) is 0 Å². The average Bonchev–Trinajstić information content (AvgIpc) is 2.37. The molecule has 4 heteroatoms. The van der Waals surface area contributed by atoms with Crippen LogP contribution in [0.3, 0.4) is 0 Å². The van der Waals surface area contributed by atoms with Crippen molar-refractivity contribution in [3.8, 4) is 0 Å². The molecular formula is C14H17F2NO. The van der Waals surface area contributed by atoms with Gasteiger partial charge >= 0.3 is 0 Å². The summed E-state index contributed by atoms with van der Waals surface area (Å²) < 4.78 is 25.9. The van der Waals surface area contributed by atoms with E-state index in [0.717, 1.165) is 5.56 Å². The van der Waals surface area contributed by atoms with Crippen LogP contribution < -0.4 is 5.32 Å². The van der Waals surface area contributed by atoms with E-state index in [0.29, 0.717) is 6.54 Å². The maximum Gasteiger partial charge on any atom is 0.248 e. The summed E-state index contributed by atoms with van der Waals surface area (Å²) in [5.41, 5.74) is 1.02. The number of halogens is 2. The summed E-state index contributed by atoms with van der Waals surface area (Å²) >= 11 is 0. The molecule has 0 unspecified atom stereocenters. The van der Waals surface area contributed by atoms with Gasteiger partial charge in [0.05, 0.1) is 0 Å². The zero-order chi connectivity index (χ0) is 13.0. The van der Waals surface area contributed by atoms with Crippen molar-refractivity contribution >= 4 is 5.91 Å². The fourth-order valence-electron chi connectivity index (χ4n) is 2.23. The molecule has 0 aromatic heterocycles. The van der Waals surface area contributed by atoms with Gasteiger partial charge in [0.1, 0.15) is 0 Å². The van der Waals surface area contributed by atoms with Gasteiger partial charge in [0.15, 0.2) is 0 Å². The van der Waals surface area contributed by atoms with Gasteiger partial charge < -0.3 is 5.32 Å². The molecule has 0 heterocycles. The third-order valence-corrected chi connectivity index (χ3v) is 3.40. The maximum atomic E-state index is 13.0. The van der Waals surface area contributed by atoms with E-state index in [1.54, 1.807) is 0 Å². The number of benzene rings is 1. The van der Waals surface area contributed by atoms with Gasteiger partial charge in [-0.05, 0) is 18.4 Å². The molecule has 1 aliphatic rings. The molecule has 1 aliphatic carbocycles. The highest BCUT2D eigenvalue weighted by Gasteiger charge is 2.37. The summed E-state index contributed by atoms with van der Waals surface area (Å²) in [5.74, 6) is -2.93. The summed E-state index contributed by atoms with van der Waals surface area (Å²) in [6, 6.07) is 9.57. The molecule has 0 bridgehead atoms. The van der Waals surface area contributed by atoms with Crippen LogP contribution in [0, 0.1) is 5.92 Å². The van der Waals surface area contributed by atoms with Gasteiger partial charge in [-0.15, -0.1) is 0 Å². The fraction of sp³-hybridized carbons (Fsp3) is 0.500. The fourth-order valence-corrected chi connectivity index (χ4v) is 2.23. The predicted molar refractivity (Wildman–Crippen MR) is 65.2 cm³/mol. The molecule has 1 saturated carbocycles. The van der Waals surface area contributed by atoms with Crippen LogP contribution in [0.1, 0.15) is 31.2 Å². The van der Waals surface area contributed by atoms with E-state index >= 15 is 0 Å². The number of nitrogens with one attached hydrogen (secondary N) is 1. The number of carbonyl (C=O) groups excluding carboxylic acids is 1. The molecule has 0 spiro atoms. The van der Waals surface area contributed by atoms with Gasteiger partial charge in [-0.25, -0.2) is 8.78 Å². The van der Waals surface area contributed by atoms with E-state index in [9.17, 15) is 13.6 Å². The Balaban J connectivity index is 1.79. The largest absolute Gasteiger partial charge is 0.352 e. The van der Waals surface area contributed by atoms with Crippen LogP contribution in [-0.4, -0.2) is 11.8 Å². The van der Waals surface area contributed by atoms with E-state index in [-0.39, 0.29) is 37.5 Å². The lowest BCUT2D eigenvalue weighted by atomic mass is 9.86. The molecule has 98 valence electrons. The quantitative estimate of drug-likeness (QED) is 0.881. The monoisotopic (exact) mass is 253 g/mol. The average molecular weight is 253 g/mol. The van der Waals surface area contributed by atoms with Crippen LogP contribution >= 0.6 is 0 Å². The molecule has 0 aliphatic heterocycles. The lowest BCUT2D eigenvalue weighted by Gasteiger charge is -2.27. The van der Waals surface area contributed by atoms with E-state index < -0.39 is 5.92 Å². The smallest absolute Gasteiger partial charge is 0.248 e. The summed E-state index contributed by atoms with van der Waals surface area (Å²) in [6.45, 7) is 0.465. The molecule has 2 nitrogen and oxygen atoms in total. The van der Waals surface area contributed by atoms with Crippen molar-refractivity contribution in [3.63, 3.8) is 0 Å². The first kappa shape index (κ1) is 13.0. The lowest BCUT2D eigenvalue weighted by molar-refractivity contribution is -0.129. The summed E-state index contributed by atoms with van der Waals surface area (Å²) in [4.78, 5) is 11.8. The molecule has 1 fully saturated rings. The Morgan fingerprint density at radius 2 is 1.83 bits per heavy atom. The molecular weight excluding hydrogens is 236 g/mol. The Bertz CT molecular complexity index is 396. The molecule has 18 heavy (non-hydrogen) atoms. The van der Waals surface area contributed by atoms with Crippen LogP contribution in [-0.2, 0) is 11.3 Å². The standard InChI is InChI=1S/C14H17F2NO/c15-14(16)8-6-12(7-9-14)13(18)17-10-11-4-2-1-3-5-11/h1-5,12H,6-10H2,(H,17,18). The highest BCUT2D eigenvalue weighted by molar-refractivity contribution is 5.78. The van der Waals surface area contributed by atoms with Crippen LogP contribution in [0.4, 0.5) is 8.78 Å². The van der Waals surface area contributed by atoms with Gasteiger partial charge in [0, 0.05) is 25.3 Å². The van der Waals surface area contributed by atoms with Gasteiger partial charge in [0.25, 0.3) is 0 Å².